The molecule has 0 aromatic carbocycles. The molecule has 0 spiro atoms. The Labute approximate surface area is 85.5 Å². The van der Waals surface area contributed by atoms with Crippen LogP contribution >= 0.6 is 0 Å². The highest BCUT2D eigenvalue weighted by molar-refractivity contribution is 5.05. The highest BCUT2D eigenvalue weighted by atomic mass is 14.7. The van der Waals surface area contributed by atoms with E-state index in [1.807, 2.05) is 18.3 Å². The van der Waals surface area contributed by atoms with Crippen LogP contribution in [0.25, 0.3) is 0 Å². The van der Waals surface area contributed by atoms with Gasteiger partial charge >= 0.3 is 0 Å². The van der Waals surface area contributed by atoms with E-state index in [1.165, 1.54) is 25.7 Å². The van der Waals surface area contributed by atoms with E-state index in [1.54, 1.807) is 0 Å². The number of hydrogen-bond acceptors (Lipinski definition) is 2. The Morgan fingerprint density at radius 2 is 2.14 bits per heavy atom. The van der Waals surface area contributed by atoms with Gasteiger partial charge in [-0.1, -0.05) is 18.9 Å². The van der Waals surface area contributed by atoms with E-state index in [-0.39, 0.29) is 0 Å². The number of aromatic nitrogens is 1. The van der Waals surface area contributed by atoms with Gasteiger partial charge in [-0.05, 0) is 30.9 Å². The van der Waals surface area contributed by atoms with Crippen molar-refractivity contribution < 1.29 is 0 Å². The van der Waals surface area contributed by atoms with E-state index in [0.717, 1.165) is 18.0 Å². The van der Waals surface area contributed by atoms with Crippen molar-refractivity contribution >= 4 is 0 Å². The van der Waals surface area contributed by atoms with Crippen molar-refractivity contribution in [3.63, 3.8) is 0 Å². The molecule has 1 aromatic rings. The molecule has 14 heavy (non-hydrogen) atoms. The Morgan fingerprint density at radius 3 is 2.79 bits per heavy atom. The van der Waals surface area contributed by atoms with Crippen LogP contribution < -0.4 is 5.73 Å². The molecule has 1 saturated carbocycles. The molecule has 0 amide bonds. The first-order valence-corrected chi connectivity index (χ1v) is 5.52. The zero-order chi connectivity index (χ0) is 9.80. The topological polar surface area (TPSA) is 38.9 Å². The van der Waals surface area contributed by atoms with Gasteiger partial charge in [0, 0.05) is 24.4 Å². The zero-order valence-electron chi connectivity index (χ0n) is 8.52. The van der Waals surface area contributed by atoms with Gasteiger partial charge in [0.25, 0.3) is 0 Å². The molecular weight excluding hydrogens is 172 g/mol. The minimum Gasteiger partial charge on any atom is -0.327 e. The highest BCUT2D eigenvalue weighted by Crippen LogP contribution is 2.27. The molecule has 0 radical (unpaired) electrons. The van der Waals surface area contributed by atoms with Crippen LogP contribution in [0.4, 0.5) is 0 Å². The first-order chi connectivity index (χ1) is 6.86. The van der Waals surface area contributed by atoms with Crippen LogP contribution in [-0.4, -0.2) is 11.0 Å². The van der Waals surface area contributed by atoms with Crippen molar-refractivity contribution in [2.45, 2.75) is 38.1 Å². The van der Waals surface area contributed by atoms with Gasteiger partial charge in [-0.2, -0.15) is 0 Å². The second-order valence-electron chi connectivity index (χ2n) is 4.23. The number of nitrogens with two attached hydrogens (primary N) is 1. The molecule has 0 bridgehead atoms. The van der Waals surface area contributed by atoms with Gasteiger partial charge in [-0.3, -0.25) is 4.98 Å². The molecule has 1 aromatic heterocycles. The Balaban J connectivity index is 1.90. The molecule has 2 N–H and O–H groups in total. The molecule has 2 rings (SSSR count). The van der Waals surface area contributed by atoms with Crippen molar-refractivity contribution in [2.24, 2.45) is 11.7 Å². The number of pyridine rings is 1. The lowest BCUT2D eigenvalue weighted by Crippen LogP contribution is -2.30. The van der Waals surface area contributed by atoms with E-state index < -0.39 is 0 Å². The molecule has 2 nitrogen and oxygen atoms in total. The van der Waals surface area contributed by atoms with Crippen LogP contribution in [0.2, 0.25) is 0 Å². The third kappa shape index (κ3) is 2.32. The van der Waals surface area contributed by atoms with Crippen LogP contribution in [-0.2, 0) is 6.42 Å². The summed E-state index contributed by atoms with van der Waals surface area (Å²) in [7, 11) is 0. The fourth-order valence-electron chi connectivity index (χ4n) is 2.31. The predicted octanol–water partition coefficient (Wildman–Crippen LogP) is 2.14. The van der Waals surface area contributed by atoms with Gasteiger partial charge < -0.3 is 5.73 Å². The molecule has 76 valence electrons. The van der Waals surface area contributed by atoms with E-state index in [2.05, 4.69) is 11.1 Å². The number of hydrogen-bond donors (Lipinski definition) is 1. The summed E-state index contributed by atoms with van der Waals surface area (Å²) in [5, 5.41) is 0. The summed E-state index contributed by atoms with van der Waals surface area (Å²) in [6.07, 6.45) is 8.13. The van der Waals surface area contributed by atoms with Crippen molar-refractivity contribution in [1.29, 1.82) is 0 Å². The summed E-state index contributed by atoms with van der Waals surface area (Å²) < 4.78 is 0. The minimum absolute atomic E-state index is 0.312. The molecule has 2 heteroatoms. The summed E-state index contributed by atoms with van der Waals surface area (Å²) in [4.78, 5) is 4.31. The molecular formula is C12H18N2. The maximum Gasteiger partial charge on any atom is 0.0419 e. The number of nitrogens with zero attached hydrogens (tertiary/aromatic N) is 1. The predicted molar refractivity (Wildman–Crippen MR) is 57.9 cm³/mol. The molecule has 1 fully saturated rings. The summed E-state index contributed by atoms with van der Waals surface area (Å²) >= 11 is 0. The molecule has 1 atom stereocenters. The summed E-state index contributed by atoms with van der Waals surface area (Å²) in [6.45, 7) is 0. The third-order valence-corrected chi connectivity index (χ3v) is 3.18. The average molecular weight is 190 g/mol. The standard InChI is InChI=1S/C12H18N2/c13-12(10-5-1-2-6-10)9-11-7-3-4-8-14-11/h3-4,7-8,10,12H,1-2,5-6,9,13H2. The molecule has 1 unspecified atom stereocenters. The lowest BCUT2D eigenvalue weighted by atomic mass is 9.95. The zero-order valence-corrected chi connectivity index (χ0v) is 8.52. The Bertz CT molecular complexity index is 265. The Hall–Kier alpha value is -0.890. The van der Waals surface area contributed by atoms with Gasteiger partial charge in [-0.25, -0.2) is 0 Å². The normalized spacial score (nSPS) is 19.8. The number of rotatable bonds is 3. The van der Waals surface area contributed by atoms with Crippen LogP contribution in [0.1, 0.15) is 31.4 Å². The Morgan fingerprint density at radius 1 is 1.36 bits per heavy atom. The quantitative estimate of drug-likeness (QED) is 0.793. The maximum atomic E-state index is 6.17. The van der Waals surface area contributed by atoms with Crippen LogP contribution in [0.15, 0.2) is 24.4 Å². The van der Waals surface area contributed by atoms with Crippen LogP contribution in [0.3, 0.4) is 0 Å². The smallest absolute Gasteiger partial charge is 0.0419 e. The molecule has 0 aliphatic heterocycles. The lowest BCUT2D eigenvalue weighted by molar-refractivity contribution is 0.426. The van der Waals surface area contributed by atoms with Gasteiger partial charge in [0.15, 0.2) is 0 Å². The molecule has 1 heterocycles. The van der Waals surface area contributed by atoms with E-state index in [9.17, 15) is 0 Å². The van der Waals surface area contributed by atoms with Gasteiger partial charge in [0.1, 0.15) is 0 Å². The van der Waals surface area contributed by atoms with Gasteiger partial charge in [0.05, 0.1) is 0 Å². The Kier molecular flexibility index (Phi) is 3.14. The van der Waals surface area contributed by atoms with Crippen LogP contribution in [0.5, 0.6) is 0 Å². The largest absolute Gasteiger partial charge is 0.327 e. The van der Waals surface area contributed by atoms with Crippen molar-refractivity contribution in [2.75, 3.05) is 0 Å². The van der Waals surface area contributed by atoms with Crippen molar-refractivity contribution in [1.82, 2.24) is 4.98 Å². The first kappa shape index (κ1) is 9.66. The molecule has 0 saturated heterocycles. The first-order valence-electron chi connectivity index (χ1n) is 5.52. The fourth-order valence-corrected chi connectivity index (χ4v) is 2.31. The van der Waals surface area contributed by atoms with E-state index >= 15 is 0 Å². The molecule has 1 aliphatic carbocycles. The van der Waals surface area contributed by atoms with Gasteiger partial charge in [-0.15, -0.1) is 0 Å². The average Bonchev–Trinajstić information content (AvgIpc) is 2.72. The third-order valence-electron chi connectivity index (χ3n) is 3.18. The second-order valence-corrected chi connectivity index (χ2v) is 4.23. The SMILES string of the molecule is NC(Cc1ccccn1)C1CCCC1. The second kappa shape index (κ2) is 4.56. The van der Waals surface area contributed by atoms with Crippen molar-refractivity contribution in [3.05, 3.63) is 30.1 Å². The van der Waals surface area contributed by atoms with Crippen LogP contribution in [0, 0.1) is 5.92 Å². The summed E-state index contributed by atoms with van der Waals surface area (Å²) in [5.74, 6) is 0.733. The molecule has 1 aliphatic rings. The van der Waals surface area contributed by atoms with E-state index in [4.69, 9.17) is 5.73 Å². The summed E-state index contributed by atoms with van der Waals surface area (Å²) in [6, 6.07) is 6.36. The summed E-state index contributed by atoms with van der Waals surface area (Å²) in [5.41, 5.74) is 7.30. The van der Waals surface area contributed by atoms with Gasteiger partial charge in [0.2, 0.25) is 0 Å². The minimum atomic E-state index is 0.312. The fraction of sp³-hybridized carbons (Fsp3) is 0.583. The highest BCUT2D eigenvalue weighted by Gasteiger charge is 2.22. The monoisotopic (exact) mass is 190 g/mol. The maximum absolute atomic E-state index is 6.17. The van der Waals surface area contributed by atoms with E-state index in [0.29, 0.717) is 6.04 Å². The van der Waals surface area contributed by atoms with Crippen molar-refractivity contribution in [3.8, 4) is 0 Å². The lowest BCUT2D eigenvalue weighted by Gasteiger charge is -2.17.